The lowest BCUT2D eigenvalue weighted by Gasteiger charge is -2.25. The minimum absolute atomic E-state index is 0.0393. The van der Waals surface area contributed by atoms with Gasteiger partial charge in [-0.25, -0.2) is 4.79 Å². The van der Waals surface area contributed by atoms with E-state index in [1.165, 1.54) is 6.07 Å². The molecule has 0 aromatic heterocycles. The molecule has 204 valence electrons. The smallest absolute Gasteiger partial charge is 0.416 e. The van der Waals surface area contributed by atoms with Gasteiger partial charge in [-0.15, -0.1) is 0 Å². The number of ether oxygens (including phenoxy) is 1. The van der Waals surface area contributed by atoms with Crippen molar-refractivity contribution in [1.29, 1.82) is 0 Å². The summed E-state index contributed by atoms with van der Waals surface area (Å²) in [6.07, 6.45) is -16.2. The predicted octanol–water partition coefficient (Wildman–Crippen LogP) is 8.49. The number of carbonyl (C=O) groups is 1. The third kappa shape index (κ3) is 6.78. The van der Waals surface area contributed by atoms with Gasteiger partial charge in [0.2, 0.25) is 0 Å². The monoisotopic (exact) mass is 549 g/mol. The van der Waals surface area contributed by atoms with E-state index in [2.05, 4.69) is 4.74 Å². The fraction of sp³-hybridized carbons (Fsp3) is 0.269. The molecule has 1 amide bonds. The molecule has 0 fully saturated rings. The van der Waals surface area contributed by atoms with Gasteiger partial charge in [-0.1, -0.05) is 30.3 Å². The zero-order valence-corrected chi connectivity index (χ0v) is 19.9. The molecule has 0 bridgehead atoms. The van der Waals surface area contributed by atoms with Crippen LogP contribution in [0.15, 0.2) is 60.7 Å². The van der Waals surface area contributed by atoms with Crippen LogP contribution in [0.25, 0.3) is 11.1 Å². The van der Waals surface area contributed by atoms with Crippen LogP contribution in [0.1, 0.15) is 33.4 Å². The number of hydrogen-bond donors (Lipinski definition) is 0. The summed E-state index contributed by atoms with van der Waals surface area (Å²) in [4.78, 5) is 13.2. The van der Waals surface area contributed by atoms with Gasteiger partial charge >= 0.3 is 24.6 Å². The Morgan fingerprint density at radius 2 is 1.26 bits per heavy atom. The predicted molar refractivity (Wildman–Crippen MR) is 120 cm³/mol. The van der Waals surface area contributed by atoms with Crippen molar-refractivity contribution in [3.8, 4) is 11.1 Å². The third-order valence-electron chi connectivity index (χ3n) is 5.68. The highest BCUT2D eigenvalue weighted by Crippen LogP contribution is 2.38. The van der Waals surface area contributed by atoms with Gasteiger partial charge < -0.3 is 4.74 Å². The number of alkyl halides is 9. The molecule has 0 atom stereocenters. The van der Waals surface area contributed by atoms with E-state index in [1.807, 2.05) is 0 Å². The molecule has 0 spiro atoms. The standard InChI is InChI=1S/C26H20F9NO2/c1-15-5-3-4-6-21(15)22-8-7-18(24(27,28)29)11-17(22)14-36(23(37)38-2)13-16-9-19(25(30,31)32)12-20(10-16)26(33,34)35/h3-12H,13-14H2,1-2H3. The summed E-state index contributed by atoms with van der Waals surface area (Å²) in [6.45, 7) is 0.303. The second-order valence-electron chi connectivity index (χ2n) is 8.42. The minimum atomic E-state index is -5.12. The van der Waals surface area contributed by atoms with Gasteiger partial charge in [0.05, 0.1) is 23.8 Å². The van der Waals surface area contributed by atoms with Crippen molar-refractivity contribution in [3.63, 3.8) is 0 Å². The van der Waals surface area contributed by atoms with Crippen LogP contribution in [0.4, 0.5) is 44.3 Å². The number of carbonyl (C=O) groups excluding carboxylic acids is 1. The maximum absolute atomic E-state index is 13.5. The van der Waals surface area contributed by atoms with Crippen molar-refractivity contribution >= 4 is 6.09 Å². The molecule has 0 saturated heterocycles. The summed E-state index contributed by atoms with van der Waals surface area (Å²) in [5.74, 6) is 0. The van der Waals surface area contributed by atoms with Gasteiger partial charge in [-0.3, -0.25) is 4.90 Å². The van der Waals surface area contributed by atoms with Crippen LogP contribution in [-0.4, -0.2) is 18.1 Å². The normalized spacial score (nSPS) is 12.4. The molecular weight excluding hydrogens is 529 g/mol. The molecule has 0 unspecified atom stereocenters. The topological polar surface area (TPSA) is 29.5 Å². The fourth-order valence-electron chi connectivity index (χ4n) is 3.89. The highest BCUT2D eigenvalue weighted by molar-refractivity contribution is 5.73. The van der Waals surface area contributed by atoms with Crippen molar-refractivity contribution in [2.75, 3.05) is 7.11 Å². The molecule has 3 nitrogen and oxygen atoms in total. The van der Waals surface area contributed by atoms with E-state index < -0.39 is 60.0 Å². The SMILES string of the molecule is COC(=O)N(Cc1cc(C(F)(F)F)cc(C(F)(F)F)c1)Cc1cc(C(F)(F)F)ccc1-c1ccccc1C. The average Bonchev–Trinajstić information content (AvgIpc) is 2.81. The Morgan fingerprint density at radius 3 is 1.76 bits per heavy atom. The first-order valence-electron chi connectivity index (χ1n) is 10.9. The summed E-state index contributed by atoms with van der Waals surface area (Å²) in [7, 11) is 0.928. The van der Waals surface area contributed by atoms with Crippen LogP contribution in [0.5, 0.6) is 0 Å². The number of amides is 1. The molecule has 0 aliphatic rings. The molecule has 3 aromatic rings. The first-order chi connectivity index (χ1) is 17.5. The maximum Gasteiger partial charge on any atom is 0.416 e. The van der Waals surface area contributed by atoms with Gasteiger partial charge in [0.25, 0.3) is 0 Å². The Hall–Kier alpha value is -3.70. The highest BCUT2D eigenvalue weighted by atomic mass is 19.4. The van der Waals surface area contributed by atoms with Crippen molar-refractivity contribution in [3.05, 3.63) is 94.0 Å². The van der Waals surface area contributed by atoms with Gasteiger partial charge in [0, 0.05) is 13.1 Å². The molecule has 3 aromatic carbocycles. The van der Waals surface area contributed by atoms with E-state index in [4.69, 9.17) is 0 Å². The molecule has 0 aliphatic carbocycles. The van der Waals surface area contributed by atoms with Crippen molar-refractivity contribution < 1.29 is 49.0 Å². The van der Waals surface area contributed by atoms with Crippen LogP contribution >= 0.6 is 0 Å². The van der Waals surface area contributed by atoms with Crippen LogP contribution in [0.3, 0.4) is 0 Å². The van der Waals surface area contributed by atoms with Crippen LogP contribution < -0.4 is 0 Å². The largest absolute Gasteiger partial charge is 0.453 e. The number of methoxy groups -OCH3 is 1. The summed E-state index contributed by atoms with van der Waals surface area (Å²) in [5, 5.41) is 0. The molecule has 12 heteroatoms. The second kappa shape index (κ2) is 10.6. The van der Waals surface area contributed by atoms with E-state index >= 15 is 0 Å². The Kier molecular flexibility index (Phi) is 8.04. The summed E-state index contributed by atoms with van der Waals surface area (Å²) in [5.41, 5.74) is -3.30. The van der Waals surface area contributed by atoms with Gasteiger partial charge in [-0.2, -0.15) is 39.5 Å². The molecule has 38 heavy (non-hydrogen) atoms. The van der Waals surface area contributed by atoms with Crippen LogP contribution in [-0.2, 0) is 36.4 Å². The Morgan fingerprint density at radius 1 is 0.711 bits per heavy atom. The highest BCUT2D eigenvalue weighted by Gasteiger charge is 2.37. The molecule has 0 heterocycles. The van der Waals surface area contributed by atoms with Gasteiger partial charge in [-0.05, 0) is 65.1 Å². The van der Waals surface area contributed by atoms with E-state index in [1.54, 1.807) is 31.2 Å². The molecule has 0 radical (unpaired) electrons. The average molecular weight is 549 g/mol. The van der Waals surface area contributed by atoms with E-state index in [-0.39, 0.29) is 11.6 Å². The number of benzene rings is 3. The fourth-order valence-corrected chi connectivity index (χ4v) is 3.89. The lowest BCUT2D eigenvalue weighted by atomic mass is 9.94. The third-order valence-corrected chi connectivity index (χ3v) is 5.68. The van der Waals surface area contributed by atoms with Gasteiger partial charge in [0.1, 0.15) is 0 Å². The van der Waals surface area contributed by atoms with E-state index in [0.29, 0.717) is 28.8 Å². The molecule has 0 saturated carbocycles. The first kappa shape index (κ1) is 28.9. The lowest BCUT2D eigenvalue weighted by Crippen LogP contribution is -2.30. The minimum Gasteiger partial charge on any atom is -0.453 e. The molecular formula is C26H20F9NO2. The lowest BCUT2D eigenvalue weighted by molar-refractivity contribution is -0.143. The van der Waals surface area contributed by atoms with Crippen molar-refractivity contribution in [2.45, 2.75) is 38.5 Å². The zero-order valence-electron chi connectivity index (χ0n) is 19.9. The number of aryl methyl sites for hydroxylation is 1. The number of halogens is 9. The molecule has 3 rings (SSSR count). The van der Waals surface area contributed by atoms with Gasteiger partial charge in [0.15, 0.2) is 0 Å². The van der Waals surface area contributed by atoms with Crippen molar-refractivity contribution in [2.24, 2.45) is 0 Å². The number of hydrogen-bond acceptors (Lipinski definition) is 2. The second-order valence-corrected chi connectivity index (χ2v) is 8.42. The summed E-state index contributed by atoms with van der Waals surface area (Å²) in [6, 6.07) is 10.3. The molecule has 0 aliphatic heterocycles. The van der Waals surface area contributed by atoms with Crippen LogP contribution in [0.2, 0.25) is 0 Å². The van der Waals surface area contributed by atoms with Crippen molar-refractivity contribution in [1.82, 2.24) is 4.90 Å². The maximum atomic E-state index is 13.5. The zero-order chi connectivity index (χ0) is 28.5. The Labute approximate surface area is 211 Å². The molecule has 0 N–H and O–H groups in total. The Bertz CT molecular complexity index is 1280. The summed E-state index contributed by atoms with van der Waals surface area (Å²) < 4.78 is 125. The first-order valence-corrected chi connectivity index (χ1v) is 10.9. The Balaban J connectivity index is 2.12. The number of nitrogens with zero attached hydrogens (tertiary/aromatic N) is 1. The number of rotatable bonds is 5. The quantitative estimate of drug-likeness (QED) is 0.299. The van der Waals surface area contributed by atoms with E-state index in [0.717, 1.165) is 24.1 Å². The summed E-state index contributed by atoms with van der Waals surface area (Å²) >= 11 is 0. The van der Waals surface area contributed by atoms with E-state index in [9.17, 15) is 44.3 Å². The van der Waals surface area contributed by atoms with Crippen LogP contribution in [0, 0.1) is 6.92 Å².